The van der Waals surface area contributed by atoms with Crippen LogP contribution in [0.5, 0.6) is 0 Å². The van der Waals surface area contributed by atoms with Gasteiger partial charge in [-0.1, -0.05) is 18.2 Å². The standard InChI is InChI=1S/C14H14ClN5/c1-10(7-15)19-13-12-8-18-20(14(12)17-9-16-13)11-5-3-2-4-6-11/h2-6,8-10H,7H2,1H3,(H,16,17,19). The summed E-state index contributed by atoms with van der Waals surface area (Å²) in [4.78, 5) is 8.60. The molecule has 3 aromatic rings. The summed E-state index contributed by atoms with van der Waals surface area (Å²) in [6.45, 7) is 2.00. The van der Waals surface area contributed by atoms with Gasteiger partial charge in [-0.15, -0.1) is 11.6 Å². The number of hydrogen-bond acceptors (Lipinski definition) is 4. The molecule has 1 N–H and O–H groups in total. The molecule has 0 aliphatic carbocycles. The first kappa shape index (κ1) is 12.9. The molecule has 2 heterocycles. The number of rotatable bonds is 4. The highest BCUT2D eigenvalue weighted by Gasteiger charge is 2.12. The molecule has 1 atom stereocenters. The zero-order chi connectivity index (χ0) is 13.9. The third-order valence-corrected chi connectivity index (χ3v) is 3.44. The van der Waals surface area contributed by atoms with Gasteiger partial charge in [0.25, 0.3) is 0 Å². The first-order valence-electron chi connectivity index (χ1n) is 6.36. The average molecular weight is 288 g/mol. The fourth-order valence-corrected chi connectivity index (χ4v) is 2.07. The number of nitrogens with zero attached hydrogens (tertiary/aromatic N) is 4. The number of aromatic nitrogens is 4. The zero-order valence-electron chi connectivity index (χ0n) is 11.0. The predicted octanol–water partition coefficient (Wildman–Crippen LogP) is 2.85. The minimum absolute atomic E-state index is 0.134. The fraction of sp³-hybridized carbons (Fsp3) is 0.214. The van der Waals surface area contributed by atoms with Gasteiger partial charge in [-0.05, 0) is 19.1 Å². The second-order valence-corrected chi connectivity index (χ2v) is 4.86. The Morgan fingerprint density at radius 1 is 1.25 bits per heavy atom. The highest BCUT2D eigenvalue weighted by molar-refractivity contribution is 6.18. The smallest absolute Gasteiger partial charge is 0.168 e. The van der Waals surface area contributed by atoms with Crippen molar-refractivity contribution in [1.29, 1.82) is 0 Å². The summed E-state index contributed by atoms with van der Waals surface area (Å²) in [5, 5.41) is 8.55. The lowest BCUT2D eigenvalue weighted by atomic mass is 10.3. The summed E-state index contributed by atoms with van der Waals surface area (Å²) >= 11 is 5.83. The number of halogens is 1. The number of nitrogens with one attached hydrogen (secondary N) is 1. The van der Waals surface area contributed by atoms with Crippen molar-refractivity contribution in [2.75, 3.05) is 11.2 Å². The van der Waals surface area contributed by atoms with Crippen molar-refractivity contribution in [1.82, 2.24) is 19.7 Å². The number of para-hydroxylation sites is 1. The van der Waals surface area contributed by atoms with Gasteiger partial charge >= 0.3 is 0 Å². The van der Waals surface area contributed by atoms with E-state index in [0.717, 1.165) is 22.5 Å². The first-order valence-corrected chi connectivity index (χ1v) is 6.89. The van der Waals surface area contributed by atoms with Gasteiger partial charge in [-0.3, -0.25) is 0 Å². The molecule has 0 spiro atoms. The Labute approximate surface area is 121 Å². The molecule has 0 aliphatic rings. The average Bonchev–Trinajstić information content (AvgIpc) is 2.93. The Morgan fingerprint density at radius 2 is 2.05 bits per heavy atom. The second-order valence-electron chi connectivity index (χ2n) is 4.55. The van der Waals surface area contributed by atoms with Crippen molar-refractivity contribution in [2.24, 2.45) is 0 Å². The molecule has 6 heteroatoms. The Bertz CT molecular complexity index is 710. The molecule has 3 rings (SSSR count). The van der Waals surface area contributed by atoms with Gasteiger partial charge in [0.05, 0.1) is 17.3 Å². The molecular formula is C14H14ClN5. The monoisotopic (exact) mass is 287 g/mol. The minimum atomic E-state index is 0.134. The van der Waals surface area contributed by atoms with E-state index in [4.69, 9.17) is 11.6 Å². The van der Waals surface area contributed by atoms with Crippen LogP contribution in [0.2, 0.25) is 0 Å². The molecule has 1 unspecified atom stereocenters. The molecule has 0 saturated heterocycles. The zero-order valence-corrected chi connectivity index (χ0v) is 11.7. The van der Waals surface area contributed by atoms with E-state index in [1.54, 1.807) is 10.9 Å². The molecule has 1 aromatic carbocycles. The molecule has 0 saturated carbocycles. The minimum Gasteiger partial charge on any atom is -0.366 e. The second kappa shape index (κ2) is 5.46. The quantitative estimate of drug-likeness (QED) is 0.750. The number of anilines is 1. The topological polar surface area (TPSA) is 55.6 Å². The predicted molar refractivity (Wildman–Crippen MR) is 80.5 cm³/mol. The number of fused-ring (bicyclic) bond motifs is 1. The van der Waals surface area contributed by atoms with Crippen LogP contribution in [0.15, 0.2) is 42.9 Å². The van der Waals surface area contributed by atoms with E-state index in [9.17, 15) is 0 Å². The summed E-state index contributed by atoms with van der Waals surface area (Å²) < 4.78 is 1.80. The highest BCUT2D eigenvalue weighted by Crippen LogP contribution is 2.21. The summed E-state index contributed by atoms with van der Waals surface area (Å²) in [6, 6.07) is 10.0. The van der Waals surface area contributed by atoms with Crippen LogP contribution in [0.1, 0.15) is 6.92 Å². The van der Waals surface area contributed by atoms with Gasteiger partial charge in [0, 0.05) is 11.9 Å². The van der Waals surface area contributed by atoms with E-state index in [2.05, 4.69) is 20.4 Å². The summed E-state index contributed by atoms with van der Waals surface area (Å²) in [5.74, 6) is 1.27. The molecule has 0 fully saturated rings. The Hall–Kier alpha value is -2.14. The third-order valence-electron chi connectivity index (χ3n) is 2.98. The summed E-state index contributed by atoms with van der Waals surface area (Å²) in [5.41, 5.74) is 1.74. The lowest BCUT2D eigenvalue weighted by Crippen LogP contribution is -2.17. The van der Waals surface area contributed by atoms with Crippen LogP contribution < -0.4 is 5.32 Å². The van der Waals surface area contributed by atoms with Crippen molar-refractivity contribution in [3.05, 3.63) is 42.9 Å². The maximum absolute atomic E-state index is 5.83. The molecule has 0 amide bonds. The van der Waals surface area contributed by atoms with Crippen LogP contribution in [0.25, 0.3) is 16.7 Å². The maximum atomic E-state index is 5.83. The molecule has 102 valence electrons. The molecule has 5 nitrogen and oxygen atoms in total. The van der Waals surface area contributed by atoms with Crippen LogP contribution in [0, 0.1) is 0 Å². The van der Waals surface area contributed by atoms with Gasteiger partial charge in [0.2, 0.25) is 0 Å². The van der Waals surface area contributed by atoms with Crippen LogP contribution >= 0.6 is 11.6 Å². The van der Waals surface area contributed by atoms with Crippen molar-refractivity contribution in [2.45, 2.75) is 13.0 Å². The van der Waals surface area contributed by atoms with Gasteiger partial charge in [0.15, 0.2) is 5.65 Å². The molecule has 2 aromatic heterocycles. The lowest BCUT2D eigenvalue weighted by molar-refractivity contribution is 0.889. The van der Waals surface area contributed by atoms with Gasteiger partial charge in [0.1, 0.15) is 12.1 Å². The molecule has 20 heavy (non-hydrogen) atoms. The van der Waals surface area contributed by atoms with Crippen LogP contribution in [0.3, 0.4) is 0 Å². The third kappa shape index (κ3) is 2.32. The Kier molecular flexibility index (Phi) is 3.52. The van der Waals surface area contributed by atoms with Gasteiger partial charge < -0.3 is 5.32 Å². The van der Waals surface area contributed by atoms with Gasteiger partial charge in [-0.2, -0.15) is 5.10 Å². The van der Waals surface area contributed by atoms with E-state index in [0.29, 0.717) is 5.88 Å². The van der Waals surface area contributed by atoms with Crippen LogP contribution in [0.4, 0.5) is 5.82 Å². The Morgan fingerprint density at radius 3 is 2.80 bits per heavy atom. The van der Waals surface area contributed by atoms with E-state index in [-0.39, 0.29) is 6.04 Å². The number of benzene rings is 1. The largest absolute Gasteiger partial charge is 0.366 e. The molecule has 0 radical (unpaired) electrons. The maximum Gasteiger partial charge on any atom is 0.168 e. The Balaban J connectivity index is 2.08. The first-order chi connectivity index (χ1) is 9.79. The van der Waals surface area contributed by atoms with Crippen molar-refractivity contribution in [3.63, 3.8) is 0 Å². The van der Waals surface area contributed by atoms with E-state index >= 15 is 0 Å². The SMILES string of the molecule is CC(CCl)Nc1ncnc2c1cnn2-c1ccccc1. The summed E-state index contributed by atoms with van der Waals surface area (Å²) in [7, 11) is 0. The number of alkyl halides is 1. The van der Waals surface area contributed by atoms with E-state index in [1.165, 1.54) is 6.33 Å². The van der Waals surface area contributed by atoms with Crippen molar-refractivity contribution < 1.29 is 0 Å². The van der Waals surface area contributed by atoms with Gasteiger partial charge in [-0.25, -0.2) is 14.6 Å². The van der Waals surface area contributed by atoms with E-state index in [1.807, 2.05) is 37.3 Å². The number of hydrogen-bond donors (Lipinski definition) is 1. The van der Waals surface area contributed by atoms with Crippen LogP contribution in [-0.2, 0) is 0 Å². The highest BCUT2D eigenvalue weighted by atomic mass is 35.5. The van der Waals surface area contributed by atoms with E-state index < -0.39 is 0 Å². The van der Waals surface area contributed by atoms with Crippen molar-refractivity contribution in [3.8, 4) is 5.69 Å². The normalized spacial score (nSPS) is 12.5. The van der Waals surface area contributed by atoms with Crippen molar-refractivity contribution >= 4 is 28.5 Å². The van der Waals surface area contributed by atoms with Crippen LogP contribution in [-0.4, -0.2) is 31.7 Å². The molecule has 0 bridgehead atoms. The summed E-state index contributed by atoms with van der Waals surface area (Å²) in [6.07, 6.45) is 3.30. The lowest BCUT2D eigenvalue weighted by Gasteiger charge is -2.11. The fourth-order valence-electron chi connectivity index (χ4n) is 1.99. The molecular weight excluding hydrogens is 274 g/mol. The molecule has 0 aliphatic heterocycles.